The first kappa shape index (κ1) is 13.8. The Hall–Kier alpha value is -2.14. The minimum absolute atomic E-state index is 0.109. The first-order valence-corrected chi connectivity index (χ1v) is 7.41. The van der Waals surface area contributed by atoms with E-state index in [9.17, 15) is 14.0 Å². The summed E-state index contributed by atoms with van der Waals surface area (Å²) in [5.41, 5.74) is 2.75. The molecule has 0 atom stereocenters. The number of carbonyl (C=O) groups is 2. The highest BCUT2D eigenvalue weighted by Crippen LogP contribution is 2.33. The van der Waals surface area contributed by atoms with E-state index in [0.29, 0.717) is 16.3 Å². The lowest BCUT2D eigenvalue weighted by atomic mass is 10.1. The normalized spacial score (nSPS) is 13.2. The summed E-state index contributed by atoms with van der Waals surface area (Å²) in [6, 6.07) is 10.6. The van der Waals surface area contributed by atoms with Crippen molar-refractivity contribution in [3.05, 3.63) is 58.9 Å². The third kappa shape index (κ3) is 2.69. The van der Waals surface area contributed by atoms with Crippen LogP contribution >= 0.6 is 11.8 Å². The van der Waals surface area contributed by atoms with Gasteiger partial charge in [-0.25, -0.2) is 4.39 Å². The van der Waals surface area contributed by atoms with Gasteiger partial charge in [-0.15, -0.1) is 11.8 Å². The Morgan fingerprint density at radius 1 is 1.19 bits per heavy atom. The maximum Gasteiger partial charge on any atom is 0.296 e. The van der Waals surface area contributed by atoms with Gasteiger partial charge in [0.05, 0.1) is 11.3 Å². The van der Waals surface area contributed by atoms with Gasteiger partial charge in [-0.2, -0.15) is 0 Å². The molecule has 1 amide bonds. The van der Waals surface area contributed by atoms with Gasteiger partial charge in [0.2, 0.25) is 0 Å². The second-order valence-corrected chi connectivity index (χ2v) is 5.91. The number of Topliss-reactive ketones (excluding diaryl/α,β-unsaturated/α-hetero) is 1. The second-order valence-electron chi connectivity index (χ2n) is 4.89. The van der Waals surface area contributed by atoms with Crippen molar-refractivity contribution in [2.45, 2.75) is 17.6 Å². The van der Waals surface area contributed by atoms with Crippen LogP contribution in [0, 0.1) is 12.7 Å². The Morgan fingerprint density at radius 2 is 2.00 bits per heavy atom. The molecular formula is C16H12FNO2S. The van der Waals surface area contributed by atoms with Gasteiger partial charge in [0.15, 0.2) is 0 Å². The quantitative estimate of drug-likeness (QED) is 0.696. The van der Waals surface area contributed by atoms with Crippen LogP contribution in [0.4, 0.5) is 10.1 Å². The molecule has 3 nitrogen and oxygen atoms in total. The number of hydrogen-bond acceptors (Lipinski definition) is 3. The molecule has 0 saturated carbocycles. The molecule has 0 bridgehead atoms. The van der Waals surface area contributed by atoms with Crippen molar-refractivity contribution in [1.29, 1.82) is 0 Å². The summed E-state index contributed by atoms with van der Waals surface area (Å²) in [7, 11) is 0. The van der Waals surface area contributed by atoms with Crippen molar-refractivity contribution in [2.24, 2.45) is 0 Å². The van der Waals surface area contributed by atoms with Crippen LogP contribution in [0.1, 0.15) is 21.5 Å². The Morgan fingerprint density at radius 3 is 2.76 bits per heavy atom. The highest BCUT2D eigenvalue weighted by Gasteiger charge is 2.29. The molecule has 5 heteroatoms. The van der Waals surface area contributed by atoms with Gasteiger partial charge in [0, 0.05) is 10.6 Å². The fourth-order valence-corrected chi connectivity index (χ4v) is 3.12. The number of nitrogens with one attached hydrogen (secondary N) is 1. The van der Waals surface area contributed by atoms with E-state index in [1.54, 1.807) is 0 Å². The lowest BCUT2D eigenvalue weighted by molar-refractivity contribution is -0.112. The third-order valence-electron chi connectivity index (χ3n) is 3.25. The van der Waals surface area contributed by atoms with Crippen LogP contribution in [0.3, 0.4) is 0 Å². The zero-order valence-corrected chi connectivity index (χ0v) is 12.1. The molecule has 2 aromatic carbocycles. The minimum atomic E-state index is -0.703. The summed E-state index contributed by atoms with van der Waals surface area (Å²) in [6.45, 7) is 2.01. The number of benzene rings is 2. The third-order valence-corrected chi connectivity index (χ3v) is 4.35. The number of amides is 1. The number of carbonyl (C=O) groups excluding carboxylic acids is 2. The zero-order valence-electron chi connectivity index (χ0n) is 11.3. The maximum absolute atomic E-state index is 14.0. The van der Waals surface area contributed by atoms with Crippen LogP contribution in [-0.4, -0.2) is 11.7 Å². The molecule has 1 N–H and O–H groups in total. The number of thioether (sulfide) groups is 1. The molecule has 0 radical (unpaired) electrons. The van der Waals surface area contributed by atoms with E-state index >= 15 is 0 Å². The van der Waals surface area contributed by atoms with Crippen LogP contribution < -0.4 is 5.32 Å². The standard InChI is InChI=1S/C16H12FNO2S/c1-9-3-2-4-10(5-9)8-21-14-7-13-11(6-12(14)17)15(19)16(20)18-13/h2-7H,8H2,1H3,(H,18,19,20). The summed E-state index contributed by atoms with van der Waals surface area (Å²) in [4.78, 5) is 23.2. The number of anilines is 1. The molecule has 106 valence electrons. The van der Waals surface area contributed by atoms with Crippen molar-refractivity contribution in [2.75, 3.05) is 5.32 Å². The molecule has 0 aliphatic carbocycles. The second kappa shape index (κ2) is 5.33. The largest absolute Gasteiger partial charge is 0.318 e. The number of fused-ring (bicyclic) bond motifs is 1. The van der Waals surface area contributed by atoms with E-state index < -0.39 is 17.5 Å². The highest BCUT2D eigenvalue weighted by molar-refractivity contribution is 7.98. The van der Waals surface area contributed by atoms with Crippen molar-refractivity contribution in [1.82, 2.24) is 0 Å². The van der Waals surface area contributed by atoms with E-state index in [4.69, 9.17) is 0 Å². The van der Waals surface area contributed by atoms with E-state index in [1.165, 1.54) is 17.8 Å². The van der Waals surface area contributed by atoms with Gasteiger partial charge in [0.1, 0.15) is 5.82 Å². The molecule has 1 heterocycles. The molecule has 0 aromatic heterocycles. The molecule has 3 rings (SSSR count). The van der Waals surface area contributed by atoms with Gasteiger partial charge in [-0.3, -0.25) is 9.59 Å². The fourth-order valence-electron chi connectivity index (χ4n) is 2.22. The molecule has 0 fully saturated rings. The SMILES string of the molecule is Cc1cccc(CSc2cc3c(cc2F)C(=O)C(=O)N3)c1. The minimum Gasteiger partial charge on any atom is -0.318 e. The lowest BCUT2D eigenvalue weighted by Gasteiger charge is -2.06. The van der Waals surface area contributed by atoms with Crippen LogP contribution in [-0.2, 0) is 10.5 Å². The molecule has 0 unspecified atom stereocenters. The molecule has 0 saturated heterocycles. The summed E-state index contributed by atoms with van der Waals surface area (Å²) in [5.74, 6) is -1.24. The molecule has 2 aromatic rings. The summed E-state index contributed by atoms with van der Waals surface area (Å²) in [6.07, 6.45) is 0. The molecule has 21 heavy (non-hydrogen) atoms. The van der Waals surface area contributed by atoms with E-state index in [2.05, 4.69) is 5.32 Å². The number of hydrogen-bond donors (Lipinski definition) is 1. The Bertz CT molecular complexity index is 758. The predicted molar refractivity (Wildman–Crippen MR) is 80.1 cm³/mol. The van der Waals surface area contributed by atoms with Crippen LogP contribution in [0.15, 0.2) is 41.3 Å². The Balaban J connectivity index is 1.83. The first-order chi connectivity index (χ1) is 10.0. The van der Waals surface area contributed by atoms with Crippen LogP contribution in [0.5, 0.6) is 0 Å². The molecule has 1 aliphatic rings. The number of aryl methyl sites for hydroxylation is 1. The Kier molecular flexibility index (Phi) is 3.51. The van der Waals surface area contributed by atoms with Gasteiger partial charge in [0.25, 0.3) is 11.7 Å². The maximum atomic E-state index is 14.0. The average Bonchev–Trinajstić information content (AvgIpc) is 2.72. The van der Waals surface area contributed by atoms with Gasteiger partial charge < -0.3 is 5.32 Å². The molecule has 0 spiro atoms. The topological polar surface area (TPSA) is 46.2 Å². The zero-order chi connectivity index (χ0) is 15.0. The smallest absolute Gasteiger partial charge is 0.296 e. The van der Waals surface area contributed by atoms with E-state index in [0.717, 1.165) is 17.2 Å². The van der Waals surface area contributed by atoms with Gasteiger partial charge in [-0.1, -0.05) is 29.8 Å². The number of ketones is 1. The van der Waals surface area contributed by atoms with Crippen molar-refractivity contribution < 1.29 is 14.0 Å². The first-order valence-electron chi connectivity index (χ1n) is 6.42. The predicted octanol–water partition coefficient (Wildman–Crippen LogP) is 3.56. The van der Waals surface area contributed by atoms with Crippen LogP contribution in [0.25, 0.3) is 0 Å². The van der Waals surface area contributed by atoms with Gasteiger partial charge in [-0.05, 0) is 24.6 Å². The van der Waals surface area contributed by atoms with E-state index in [-0.39, 0.29) is 5.56 Å². The lowest BCUT2D eigenvalue weighted by Crippen LogP contribution is -2.12. The van der Waals surface area contributed by atoms with Crippen LogP contribution in [0.2, 0.25) is 0 Å². The fraction of sp³-hybridized carbons (Fsp3) is 0.125. The summed E-state index contributed by atoms with van der Waals surface area (Å²) < 4.78 is 14.0. The summed E-state index contributed by atoms with van der Waals surface area (Å²) >= 11 is 1.34. The Labute approximate surface area is 125 Å². The monoisotopic (exact) mass is 301 g/mol. The van der Waals surface area contributed by atoms with E-state index in [1.807, 2.05) is 31.2 Å². The average molecular weight is 301 g/mol. The molecule has 1 aliphatic heterocycles. The number of halogens is 1. The van der Waals surface area contributed by atoms with Crippen molar-refractivity contribution in [3.8, 4) is 0 Å². The van der Waals surface area contributed by atoms with Crippen molar-refractivity contribution >= 4 is 29.1 Å². The summed E-state index contributed by atoms with van der Waals surface area (Å²) in [5, 5.41) is 2.45. The molecular weight excluding hydrogens is 289 g/mol. The van der Waals surface area contributed by atoms with Gasteiger partial charge >= 0.3 is 0 Å². The van der Waals surface area contributed by atoms with Crippen molar-refractivity contribution in [3.63, 3.8) is 0 Å². The number of rotatable bonds is 3. The highest BCUT2D eigenvalue weighted by atomic mass is 32.2.